The number of rotatable bonds is 7. The topological polar surface area (TPSA) is 127 Å². The summed E-state index contributed by atoms with van der Waals surface area (Å²) in [7, 11) is 0. The fourth-order valence-corrected chi connectivity index (χ4v) is 5.06. The number of hydrogen-bond donors (Lipinski definition) is 0. The predicted octanol–water partition coefficient (Wildman–Crippen LogP) is 4.27. The fourth-order valence-electron chi connectivity index (χ4n) is 5.06. The van der Waals surface area contributed by atoms with Crippen LogP contribution in [0.25, 0.3) is 0 Å². The van der Waals surface area contributed by atoms with E-state index in [4.69, 9.17) is 4.74 Å². The summed E-state index contributed by atoms with van der Waals surface area (Å²) in [6, 6.07) is 10.1. The lowest BCUT2D eigenvalue weighted by Crippen LogP contribution is -2.50. The SMILES string of the molecule is CCOC(=O)c1ccc(N2C(=O)CC(N(C(=O)c3cccc([N+](=O)[O-])c3)C3CCCCCC3)C2=O)cc1. The molecule has 1 heterocycles. The Morgan fingerprint density at radius 1 is 1.03 bits per heavy atom. The number of nitro benzene ring substituents is 1. The number of nitrogens with zero attached hydrogens (tertiary/aromatic N) is 3. The third kappa shape index (κ3) is 5.52. The largest absolute Gasteiger partial charge is 0.462 e. The minimum atomic E-state index is -1.02. The summed E-state index contributed by atoms with van der Waals surface area (Å²) in [4.78, 5) is 65.7. The van der Waals surface area contributed by atoms with Gasteiger partial charge in [0.1, 0.15) is 6.04 Å². The lowest BCUT2D eigenvalue weighted by atomic mass is 10.0. The van der Waals surface area contributed by atoms with E-state index >= 15 is 0 Å². The number of anilines is 1. The van der Waals surface area contributed by atoms with Crippen molar-refractivity contribution in [1.82, 2.24) is 4.90 Å². The Hall–Kier alpha value is -4.08. The van der Waals surface area contributed by atoms with Crippen molar-refractivity contribution in [1.29, 1.82) is 0 Å². The number of benzene rings is 2. The summed E-state index contributed by atoms with van der Waals surface area (Å²) in [5.74, 6) is -1.99. The third-order valence-electron chi connectivity index (χ3n) is 6.85. The summed E-state index contributed by atoms with van der Waals surface area (Å²) in [5, 5.41) is 11.3. The van der Waals surface area contributed by atoms with Crippen molar-refractivity contribution in [2.24, 2.45) is 0 Å². The summed E-state index contributed by atoms with van der Waals surface area (Å²) in [5.41, 5.74) is 0.482. The normalized spacial score (nSPS) is 18.4. The first-order valence-electron chi connectivity index (χ1n) is 12.5. The Morgan fingerprint density at radius 2 is 1.70 bits per heavy atom. The van der Waals surface area contributed by atoms with Crippen LogP contribution in [0.3, 0.4) is 0 Å². The molecule has 0 radical (unpaired) electrons. The minimum absolute atomic E-state index is 0.107. The van der Waals surface area contributed by atoms with E-state index in [1.807, 2.05) is 0 Å². The predicted molar refractivity (Wildman–Crippen MR) is 134 cm³/mol. The van der Waals surface area contributed by atoms with E-state index in [1.54, 1.807) is 6.92 Å². The molecule has 10 nitrogen and oxygen atoms in total. The van der Waals surface area contributed by atoms with Crippen molar-refractivity contribution in [2.75, 3.05) is 11.5 Å². The van der Waals surface area contributed by atoms with Gasteiger partial charge in [0.25, 0.3) is 17.5 Å². The molecule has 3 amide bonds. The van der Waals surface area contributed by atoms with Gasteiger partial charge < -0.3 is 9.64 Å². The molecule has 1 saturated carbocycles. The van der Waals surface area contributed by atoms with Crippen molar-refractivity contribution in [3.05, 3.63) is 69.8 Å². The number of esters is 1. The first-order valence-corrected chi connectivity index (χ1v) is 12.5. The quantitative estimate of drug-likeness (QED) is 0.180. The minimum Gasteiger partial charge on any atom is -0.462 e. The molecule has 1 aliphatic heterocycles. The van der Waals surface area contributed by atoms with Crippen LogP contribution in [0.5, 0.6) is 0 Å². The number of carbonyl (C=O) groups is 4. The lowest BCUT2D eigenvalue weighted by molar-refractivity contribution is -0.384. The van der Waals surface area contributed by atoms with Gasteiger partial charge in [0.05, 0.1) is 29.2 Å². The Balaban J connectivity index is 1.65. The molecule has 0 N–H and O–H groups in total. The fraction of sp³-hybridized carbons (Fsp3) is 0.407. The Bertz CT molecular complexity index is 1200. The molecule has 0 aromatic heterocycles. The second-order valence-corrected chi connectivity index (χ2v) is 9.22. The van der Waals surface area contributed by atoms with Crippen LogP contribution in [0.15, 0.2) is 48.5 Å². The molecule has 1 aliphatic carbocycles. The molecule has 2 aliphatic rings. The lowest BCUT2D eigenvalue weighted by Gasteiger charge is -2.35. The van der Waals surface area contributed by atoms with E-state index in [0.29, 0.717) is 24.1 Å². The number of imide groups is 1. The molecular weight excluding hydrogens is 478 g/mol. The zero-order valence-corrected chi connectivity index (χ0v) is 20.6. The first kappa shape index (κ1) is 26.0. The summed E-state index contributed by atoms with van der Waals surface area (Å²) in [6.07, 6.45) is 5.00. The number of nitro groups is 1. The maximum atomic E-state index is 13.8. The van der Waals surface area contributed by atoms with Gasteiger partial charge in [-0.3, -0.25) is 24.5 Å². The van der Waals surface area contributed by atoms with Gasteiger partial charge in [-0.05, 0) is 50.1 Å². The standard InChI is InChI=1S/C27H29N3O7/c1-2-37-27(34)18-12-14-21(15-13-18)29-24(31)17-23(26(29)33)28(20-9-5-3-4-6-10-20)25(32)19-8-7-11-22(16-19)30(35)36/h7-8,11-16,20,23H,2-6,9-10,17H2,1H3. The van der Waals surface area contributed by atoms with Gasteiger partial charge in [-0.1, -0.05) is 31.7 Å². The monoisotopic (exact) mass is 507 g/mol. The van der Waals surface area contributed by atoms with Crippen molar-refractivity contribution in [3.8, 4) is 0 Å². The number of hydrogen-bond acceptors (Lipinski definition) is 7. The van der Waals surface area contributed by atoms with Crippen LogP contribution in [-0.4, -0.2) is 52.2 Å². The van der Waals surface area contributed by atoms with Gasteiger partial charge in [-0.15, -0.1) is 0 Å². The first-order chi connectivity index (χ1) is 17.8. The average molecular weight is 508 g/mol. The highest BCUT2D eigenvalue weighted by atomic mass is 16.6. The van der Waals surface area contributed by atoms with Crippen molar-refractivity contribution < 1.29 is 28.8 Å². The van der Waals surface area contributed by atoms with Crippen LogP contribution in [-0.2, 0) is 14.3 Å². The molecule has 10 heteroatoms. The van der Waals surface area contributed by atoms with E-state index in [0.717, 1.165) is 30.6 Å². The Labute approximate surface area is 214 Å². The molecule has 1 atom stereocenters. The van der Waals surface area contributed by atoms with Gasteiger partial charge in [-0.25, -0.2) is 9.69 Å². The van der Waals surface area contributed by atoms with E-state index < -0.39 is 34.7 Å². The third-order valence-corrected chi connectivity index (χ3v) is 6.85. The molecule has 2 aromatic carbocycles. The van der Waals surface area contributed by atoms with Crippen LogP contribution in [0.4, 0.5) is 11.4 Å². The molecule has 2 aromatic rings. The maximum absolute atomic E-state index is 13.8. The van der Waals surface area contributed by atoms with Gasteiger partial charge >= 0.3 is 5.97 Å². The summed E-state index contributed by atoms with van der Waals surface area (Å²) < 4.78 is 4.98. The van der Waals surface area contributed by atoms with Crippen molar-refractivity contribution in [2.45, 2.75) is 64.0 Å². The molecule has 4 rings (SSSR count). The van der Waals surface area contributed by atoms with Crippen LogP contribution in [0, 0.1) is 10.1 Å². The maximum Gasteiger partial charge on any atom is 0.338 e. The van der Waals surface area contributed by atoms with E-state index in [2.05, 4.69) is 0 Å². The van der Waals surface area contributed by atoms with Gasteiger partial charge in [0, 0.05) is 23.7 Å². The number of non-ortho nitro benzene ring substituents is 1. The highest BCUT2D eigenvalue weighted by Gasteiger charge is 2.46. The van der Waals surface area contributed by atoms with E-state index in [1.165, 1.54) is 53.4 Å². The zero-order valence-electron chi connectivity index (χ0n) is 20.6. The molecule has 37 heavy (non-hydrogen) atoms. The van der Waals surface area contributed by atoms with Crippen LogP contribution in [0.1, 0.15) is 72.6 Å². The Kier molecular flexibility index (Phi) is 7.95. The number of amides is 3. The molecular formula is C27H29N3O7. The summed E-state index contributed by atoms with van der Waals surface area (Å²) >= 11 is 0. The van der Waals surface area contributed by atoms with Gasteiger partial charge in [0.2, 0.25) is 5.91 Å². The smallest absolute Gasteiger partial charge is 0.338 e. The Morgan fingerprint density at radius 3 is 2.32 bits per heavy atom. The van der Waals surface area contributed by atoms with Crippen molar-refractivity contribution >= 4 is 35.1 Å². The van der Waals surface area contributed by atoms with Crippen molar-refractivity contribution in [3.63, 3.8) is 0 Å². The summed E-state index contributed by atoms with van der Waals surface area (Å²) in [6.45, 7) is 1.92. The zero-order chi connectivity index (χ0) is 26.5. The second-order valence-electron chi connectivity index (χ2n) is 9.22. The average Bonchev–Trinajstić information content (AvgIpc) is 3.05. The highest BCUT2D eigenvalue weighted by molar-refractivity contribution is 6.23. The number of carbonyl (C=O) groups excluding carboxylic acids is 4. The molecule has 1 unspecified atom stereocenters. The molecule has 0 spiro atoms. The number of ether oxygens (including phenoxy) is 1. The van der Waals surface area contributed by atoms with Gasteiger partial charge in [0.15, 0.2) is 0 Å². The molecule has 2 fully saturated rings. The van der Waals surface area contributed by atoms with Crippen LogP contribution < -0.4 is 4.90 Å². The molecule has 0 bridgehead atoms. The van der Waals surface area contributed by atoms with Crippen LogP contribution in [0.2, 0.25) is 0 Å². The molecule has 1 saturated heterocycles. The van der Waals surface area contributed by atoms with Crippen LogP contribution >= 0.6 is 0 Å². The van der Waals surface area contributed by atoms with E-state index in [-0.39, 0.29) is 30.3 Å². The van der Waals surface area contributed by atoms with E-state index in [9.17, 15) is 29.3 Å². The highest BCUT2D eigenvalue weighted by Crippen LogP contribution is 2.32. The van der Waals surface area contributed by atoms with Gasteiger partial charge in [-0.2, -0.15) is 0 Å². The molecule has 194 valence electrons. The second kappa shape index (κ2) is 11.3.